The van der Waals surface area contributed by atoms with Crippen molar-refractivity contribution in [1.29, 1.82) is 0 Å². The smallest absolute Gasteiger partial charge is 0.323 e. The van der Waals surface area contributed by atoms with Crippen LogP contribution in [0, 0.1) is 0 Å². The lowest BCUT2D eigenvalue weighted by Crippen LogP contribution is -2.51. The number of carboxylic acids is 1. The van der Waals surface area contributed by atoms with Crippen molar-refractivity contribution in [3.63, 3.8) is 0 Å². The lowest BCUT2D eigenvalue weighted by molar-refractivity contribution is -0.137. The molecule has 6 nitrogen and oxygen atoms in total. The Morgan fingerprint density at radius 3 is 2.21 bits per heavy atom. The second-order valence-electron chi connectivity index (χ2n) is 4.92. The van der Waals surface area contributed by atoms with Crippen molar-refractivity contribution < 1.29 is 19.8 Å². The van der Waals surface area contributed by atoms with Crippen molar-refractivity contribution in [1.82, 2.24) is 9.80 Å². The van der Waals surface area contributed by atoms with Gasteiger partial charge in [-0.1, -0.05) is 13.8 Å². The lowest BCUT2D eigenvalue weighted by atomic mass is 10.1. The summed E-state index contributed by atoms with van der Waals surface area (Å²) in [6.07, 6.45) is 3.34. The van der Waals surface area contributed by atoms with Crippen LogP contribution in [0.15, 0.2) is 0 Å². The zero-order valence-corrected chi connectivity index (χ0v) is 11.7. The maximum atomic E-state index is 12.5. The van der Waals surface area contributed by atoms with Crippen molar-refractivity contribution in [3.8, 4) is 0 Å². The molecule has 0 spiro atoms. The van der Waals surface area contributed by atoms with Crippen LogP contribution in [0.25, 0.3) is 0 Å². The van der Waals surface area contributed by atoms with Crippen LogP contribution in [0.1, 0.15) is 39.5 Å². The van der Waals surface area contributed by atoms with Gasteiger partial charge in [-0.05, 0) is 25.7 Å². The average molecular weight is 272 g/mol. The van der Waals surface area contributed by atoms with Gasteiger partial charge in [0.15, 0.2) is 0 Å². The van der Waals surface area contributed by atoms with Gasteiger partial charge in [-0.2, -0.15) is 0 Å². The molecule has 0 radical (unpaired) electrons. The highest BCUT2D eigenvalue weighted by molar-refractivity contribution is 5.81. The molecule has 0 bridgehead atoms. The van der Waals surface area contributed by atoms with Crippen LogP contribution >= 0.6 is 0 Å². The number of rotatable bonds is 8. The Bertz CT molecular complexity index is 314. The number of urea groups is 1. The predicted octanol–water partition coefficient (Wildman–Crippen LogP) is 1.14. The van der Waals surface area contributed by atoms with Gasteiger partial charge in [-0.15, -0.1) is 0 Å². The summed E-state index contributed by atoms with van der Waals surface area (Å²) in [6.45, 7) is 3.88. The molecule has 0 aromatic carbocycles. The average Bonchev–Trinajstić information content (AvgIpc) is 3.19. The number of carbonyl (C=O) groups is 2. The minimum atomic E-state index is -0.992. The monoisotopic (exact) mass is 272 g/mol. The standard InChI is InChI=1S/C13H24N2O4/c1-3-10(4-2)14(7-8-16)13(19)15(9-12(17)18)11-5-6-11/h10-11,16H,3-9H2,1-2H3,(H,17,18). The maximum absolute atomic E-state index is 12.5. The number of hydrogen-bond acceptors (Lipinski definition) is 3. The Morgan fingerprint density at radius 1 is 1.26 bits per heavy atom. The fourth-order valence-electron chi connectivity index (χ4n) is 2.32. The molecule has 1 saturated carbocycles. The van der Waals surface area contributed by atoms with Crippen LogP contribution in [-0.4, -0.2) is 63.8 Å². The molecule has 110 valence electrons. The van der Waals surface area contributed by atoms with E-state index in [2.05, 4.69) is 0 Å². The molecule has 1 rings (SSSR count). The SMILES string of the molecule is CCC(CC)N(CCO)C(=O)N(CC(=O)O)C1CC1. The second-order valence-corrected chi connectivity index (χ2v) is 4.92. The Morgan fingerprint density at radius 2 is 1.84 bits per heavy atom. The Balaban J connectivity index is 2.79. The third kappa shape index (κ3) is 4.38. The molecule has 2 N–H and O–H groups in total. The molecule has 0 aliphatic heterocycles. The largest absolute Gasteiger partial charge is 0.480 e. The molecule has 0 aromatic rings. The molecular formula is C13H24N2O4. The Labute approximate surface area is 114 Å². The van der Waals surface area contributed by atoms with E-state index >= 15 is 0 Å². The van der Waals surface area contributed by atoms with Gasteiger partial charge >= 0.3 is 12.0 Å². The van der Waals surface area contributed by atoms with Crippen LogP contribution in [-0.2, 0) is 4.79 Å². The van der Waals surface area contributed by atoms with Gasteiger partial charge in [0.05, 0.1) is 6.61 Å². The first-order valence-corrected chi connectivity index (χ1v) is 6.94. The lowest BCUT2D eigenvalue weighted by Gasteiger charge is -2.34. The van der Waals surface area contributed by atoms with Crippen molar-refractivity contribution in [2.45, 2.75) is 51.6 Å². The molecule has 6 heteroatoms. The fraction of sp³-hybridized carbons (Fsp3) is 0.846. The van der Waals surface area contributed by atoms with E-state index in [1.54, 1.807) is 4.90 Å². The van der Waals surface area contributed by atoms with Crippen molar-refractivity contribution >= 4 is 12.0 Å². The number of hydrogen-bond donors (Lipinski definition) is 2. The number of carbonyl (C=O) groups excluding carboxylic acids is 1. The van der Waals surface area contributed by atoms with E-state index in [0.29, 0.717) is 0 Å². The molecule has 0 heterocycles. The van der Waals surface area contributed by atoms with E-state index < -0.39 is 5.97 Å². The van der Waals surface area contributed by atoms with Crippen molar-refractivity contribution in [2.24, 2.45) is 0 Å². The second kappa shape index (κ2) is 7.33. The summed E-state index contributed by atoms with van der Waals surface area (Å²) < 4.78 is 0. The summed E-state index contributed by atoms with van der Waals surface area (Å²) >= 11 is 0. The van der Waals surface area contributed by atoms with Gasteiger partial charge in [0.2, 0.25) is 0 Å². The molecule has 1 aliphatic rings. The maximum Gasteiger partial charge on any atom is 0.323 e. The summed E-state index contributed by atoms with van der Waals surface area (Å²) in [5, 5.41) is 18.0. The molecule has 0 atom stereocenters. The van der Waals surface area contributed by atoms with Crippen LogP contribution < -0.4 is 0 Å². The first kappa shape index (κ1) is 15.8. The fourth-order valence-corrected chi connectivity index (χ4v) is 2.32. The number of nitrogens with zero attached hydrogens (tertiary/aromatic N) is 2. The van der Waals surface area contributed by atoms with Crippen LogP contribution in [0.5, 0.6) is 0 Å². The Hall–Kier alpha value is -1.30. The summed E-state index contributed by atoms with van der Waals surface area (Å²) in [4.78, 5) is 26.4. The highest BCUT2D eigenvalue weighted by atomic mass is 16.4. The number of carboxylic acid groups (broad SMARTS) is 1. The summed E-state index contributed by atoms with van der Waals surface area (Å²) in [7, 11) is 0. The zero-order chi connectivity index (χ0) is 14.4. The van der Waals surface area contributed by atoms with E-state index in [1.165, 1.54) is 4.90 Å². The predicted molar refractivity (Wildman–Crippen MR) is 70.9 cm³/mol. The molecule has 0 aromatic heterocycles. The zero-order valence-electron chi connectivity index (χ0n) is 11.7. The normalized spacial score (nSPS) is 14.5. The quantitative estimate of drug-likeness (QED) is 0.694. The van der Waals surface area contributed by atoms with Crippen molar-refractivity contribution in [2.75, 3.05) is 19.7 Å². The van der Waals surface area contributed by atoms with Gasteiger partial charge in [-0.25, -0.2) is 4.79 Å². The van der Waals surface area contributed by atoms with E-state index in [1.807, 2.05) is 13.8 Å². The molecule has 1 fully saturated rings. The van der Waals surface area contributed by atoms with Crippen LogP contribution in [0.2, 0.25) is 0 Å². The first-order valence-electron chi connectivity index (χ1n) is 6.94. The molecule has 2 amide bonds. The number of aliphatic carboxylic acids is 1. The van der Waals surface area contributed by atoms with Crippen LogP contribution in [0.3, 0.4) is 0 Å². The van der Waals surface area contributed by atoms with E-state index in [4.69, 9.17) is 10.2 Å². The van der Waals surface area contributed by atoms with Gasteiger partial charge in [0.25, 0.3) is 0 Å². The number of amides is 2. The molecule has 1 aliphatic carbocycles. The van der Waals surface area contributed by atoms with Crippen LogP contribution in [0.4, 0.5) is 4.79 Å². The van der Waals surface area contributed by atoms with Gasteiger partial charge in [-0.3, -0.25) is 4.79 Å². The van der Waals surface area contributed by atoms with E-state index in [0.717, 1.165) is 25.7 Å². The summed E-state index contributed by atoms with van der Waals surface area (Å²) in [5.41, 5.74) is 0. The minimum Gasteiger partial charge on any atom is -0.480 e. The van der Waals surface area contributed by atoms with Gasteiger partial charge in [0, 0.05) is 18.6 Å². The molecular weight excluding hydrogens is 248 g/mol. The van der Waals surface area contributed by atoms with Gasteiger partial charge < -0.3 is 20.0 Å². The summed E-state index contributed by atoms with van der Waals surface area (Å²) in [6, 6.07) is -0.151. The highest BCUT2D eigenvalue weighted by Gasteiger charge is 2.37. The number of aliphatic hydroxyl groups is 1. The number of aliphatic hydroxyl groups excluding tert-OH is 1. The van der Waals surface area contributed by atoms with E-state index in [9.17, 15) is 9.59 Å². The third-order valence-corrected chi connectivity index (χ3v) is 3.51. The van der Waals surface area contributed by atoms with Crippen molar-refractivity contribution in [3.05, 3.63) is 0 Å². The highest BCUT2D eigenvalue weighted by Crippen LogP contribution is 2.28. The molecule has 0 unspecified atom stereocenters. The Kier molecular flexibility index (Phi) is 6.08. The first-order chi connectivity index (χ1) is 9.04. The molecule has 0 saturated heterocycles. The summed E-state index contributed by atoms with van der Waals surface area (Å²) in [5.74, 6) is -0.992. The topological polar surface area (TPSA) is 81.1 Å². The van der Waals surface area contributed by atoms with Gasteiger partial charge in [0.1, 0.15) is 6.54 Å². The molecule has 19 heavy (non-hydrogen) atoms. The minimum absolute atomic E-state index is 0.0506. The third-order valence-electron chi connectivity index (χ3n) is 3.51. The van der Waals surface area contributed by atoms with E-state index in [-0.39, 0.29) is 37.8 Å².